The third kappa shape index (κ3) is 8.05. The topological polar surface area (TPSA) is 128 Å². The molecule has 1 aromatic carbocycles. The number of hydrogen-bond acceptors (Lipinski definition) is 5. The van der Waals surface area contributed by atoms with Crippen LogP contribution in [0.5, 0.6) is 0 Å². The molecule has 2 amide bonds. The molecule has 0 fully saturated rings. The molecule has 9 heteroatoms. The van der Waals surface area contributed by atoms with Gasteiger partial charge in [0.1, 0.15) is 6.61 Å². The first-order chi connectivity index (χ1) is 12.1. The summed E-state index contributed by atoms with van der Waals surface area (Å²) >= 11 is 0. The first-order valence-electron chi connectivity index (χ1n) is 7.75. The molecular formula is C16H22N6O3. The summed E-state index contributed by atoms with van der Waals surface area (Å²) in [5.74, 6) is -0.217. The number of unbranched alkanes of at least 4 members (excludes halogenated alkanes) is 1. The van der Waals surface area contributed by atoms with Crippen LogP contribution < -0.4 is 16.0 Å². The third-order valence-corrected chi connectivity index (χ3v) is 3.37. The highest BCUT2D eigenvalue weighted by atomic mass is 16.5. The van der Waals surface area contributed by atoms with Crippen molar-refractivity contribution in [1.29, 1.82) is 0 Å². The molecule has 1 atom stereocenters. The number of carbonyl (C=O) groups excluding carboxylic acids is 2. The number of carbonyl (C=O) groups is 2. The molecule has 1 aromatic rings. The monoisotopic (exact) mass is 346 g/mol. The van der Waals surface area contributed by atoms with Crippen LogP contribution in [-0.4, -0.2) is 24.6 Å². The van der Waals surface area contributed by atoms with Gasteiger partial charge in [0.2, 0.25) is 5.91 Å². The minimum atomic E-state index is -0.531. The first kappa shape index (κ1) is 20.3. The summed E-state index contributed by atoms with van der Waals surface area (Å²) in [5, 5.41) is 11.1. The molecule has 0 aliphatic heterocycles. The number of benzene rings is 1. The number of amides is 2. The highest BCUT2D eigenvalue weighted by molar-refractivity contribution is 5.81. The van der Waals surface area contributed by atoms with Gasteiger partial charge in [0.05, 0.1) is 6.04 Å². The highest BCUT2D eigenvalue weighted by Crippen LogP contribution is 2.14. The lowest BCUT2D eigenvalue weighted by Crippen LogP contribution is -2.39. The molecule has 0 aliphatic rings. The van der Waals surface area contributed by atoms with E-state index in [-0.39, 0.29) is 12.5 Å². The van der Waals surface area contributed by atoms with Gasteiger partial charge in [-0.1, -0.05) is 23.3 Å². The predicted octanol–water partition coefficient (Wildman–Crippen LogP) is 2.68. The minimum absolute atomic E-state index is 0.0811. The lowest BCUT2D eigenvalue weighted by Gasteiger charge is -2.14. The second-order valence-corrected chi connectivity index (χ2v) is 5.16. The average Bonchev–Trinajstić information content (AvgIpc) is 2.63. The fraction of sp³-hybridized carbons (Fsp3) is 0.375. The zero-order chi connectivity index (χ0) is 18.5. The van der Waals surface area contributed by atoms with Gasteiger partial charge in [-0.05, 0) is 36.4 Å². The Balaban J connectivity index is 2.22. The molecule has 0 unspecified atom stereocenters. The van der Waals surface area contributed by atoms with Crippen molar-refractivity contribution in [3.8, 4) is 0 Å². The van der Waals surface area contributed by atoms with Crippen LogP contribution in [0.25, 0.3) is 10.4 Å². The maximum Gasteiger partial charge on any atom is 0.407 e. The quantitative estimate of drug-likeness (QED) is 0.260. The molecule has 0 saturated carbocycles. The molecule has 134 valence electrons. The number of nitrogens with one attached hydrogen (secondary N) is 3. The van der Waals surface area contributed by atoms with Crippen molar-refractivity contribution in [2.75, 3.05) is 6.54 Å². The van der Waals surface area contributed by atoms with Crippen molar-refractivity contribution in [1.82, 2.24) is 16.0 Å². The Kier molecular flexibility index (Phi) is 9.50. The van der Waals surface area contributed by atoms with E-state index in [1.165, 1.54) is 0 Å². The summed E-state index contributed by atoms with van der Waals surface area (Å²) in [5.41, 5.74) is 9.58. The van der Waals surface area contributed by atoms with Gasteiger partial charge in [0, 0.05) is 31.2 Å². The van der Waals surface area contributed by atoms with Crippen LogP contribution in [0.4, 0.5) is 10.5 Å². The summed E-state index contributed by atoms with van der Waals surface area (Å²) in [6.07, 6.45) is 1.49. The van der Waals surface area contributed by atoms with Gasteiger partial charge in [-0.2, -0.15) is 0 Å². The van der Waals surface area contributed by atoms with Crippen LogP contribution in [0.15, 0.2) is 29.4 Å². The maximum absolute atomic E-state index is 11.6. The van der Waals surface area contributed by atoms with Crippen LogP contribution in [-0.2, 0) is 16.1 Å². The normalized spacial score (nSPS) is 11.1. The van der Waals surface area contributed by atoms with E-state index in [9.17, 15) is 9.59 Å². The summed E-state index contributed by atoms with van der Waals surface area (Å²) in [6, 6.07) is 6.39. The van der Waals surface area contributed by atoms with E-state index in [0.29, 0.717) is 25.1 Å². The van der Waals surface area contributed by atoms with Gasteiger partial charge < -0.3 is 20.7 Å². The largest absolute Gasteiger partial charge is 0.445 e. The minimum Gasteiger partial charge on any atom is -0.445 e. The SMILES string of the molecule is [CH2]NC(=O)[C@H](CCCCNC(=O)OCc1cccc(N=[N+]=[N-])c1)N[CH2]. The number of hydrogen-bond donors (Lipinski definition) is 3. The number of alkyl carbamates (subject to hydrolysis) is 1. The van der Waals surface area contributed by atoms with Crippen LogP contribution in [0, 0.1) is 14.1 Å². The van der Waals surface area contributed by atoms with Crippen LogP contribution in [0.3, 0.4) is 0 Å². The number of nitrogens with zero attached hydrogens (tertiary/aromatic N) is 3. The summed E-state index contributed by atoms with van der Waals surface area (Å²) in [4.78, 5) is 25.7. The Morgan fingerprint density at radius 2 is 2.12 bits per heavy atom. The molecule has 0 aliphatic carbocycles. The van der Waals surface area contributed by atoms with Gasteiger partial charge in [-0.25, -0.2) is 4.79 Å². The van der Waals surface area contributed by atoms with Gasteiger partial charge >= 0.3 is 6.09 Å². The summed E-state index contributed by atoms with van der Waals surface area (Å²) in [6.45, 7) is 0.519. The first-order valence-corrected chi connectivity index (χ1v) is 7.75. The Morgan fingerprint density at radius 1 is 1.32 bits per heavy atom. The van der Waals surface area contributed by atoms with Crippen molar-refractivity contribution in [2.24, 2.45) is 5.11 Å². The number of ether oxygens (including phenoxy) is 1. The van der Waals surface area contributed by atoms with E-state index in [4.69, 9.17) is 10.3 Å². The van der Waals surface area contributed by atoms with E-state index in [2.05, 4.69) is 40.1 Å². The molecule has 3 N–H and O–H groups in total. The molecule has 0 heterocycles. The fourth-order valence-electron chi connectivity index (χ4n) is 2.07. The highest BCUT2D eigenvalue weighted by Gasteiger charge is 2.13. The molecule has 1 rings (SSSR count). The molecule has 25 heavy (non-hydrogen) atoms. The predicted molar refractivity (Wildman–Crippen MR) is 93.1 cm³/mol. The van der Waals surface area contributed by atoms with Crippen LogP contribution in [0.2, 0.25) is 0 Å². The molecule has 9 nitrogen and oxygen atoms in total. The average molecular weight is 346 g/mol. The Morgan fingerprint density at radius 3 is 2.80 bits per heavy atom. The molecule has 0 aromatic heterocycles. The van der Waals surface area contributed by atoms with E-state index >= 15 is 0 Å². The van der Waals surface area contributed by atoms with Crippen molar-refractivity contribution in [3.63, 3.8) is 0 Å². The Bertz CT molecular complexity index is 616. The van der Waals surface area contributed by atoms with Crippen molar-refractivity contribution in [2.45, 2.75) is 31.9 Å². The van der Waals surface area contributed by atoms with Crippen molar-refractivity contribution in [3.05, 3.63) is 54.4 Å². The number of rotatable bonds is 10. The second kappa shape index (κ2) is 11.7. The maximum atomic E-state index is 11.6. The second-order valence-electron chi connectivity index (χ2n) is 5.16. The molecule has 2 radical (unpaired) electrons. The molecule has 0 bridgehead atoms. The van der Waals surface area contributed by atoms with Crippen molar-refractivity contribution < 1.29 is 14.3 Å². The third-order valence-electron chi connectivity index (χ3n) is 3.37. The molecule has 0 saturated heterocycles. The molecular weight excluding hydrogens is 324 g/mol. The van der Waals surface area contributed by atoms with Crippen molar-refractivity contribution >= 4 is 17.7 Å². The van der Waals surface area contributed by atoms with E-state index < -0.39 is 12.1 Å². The summed E-state index contributed by atoms with van der Waals surface area (Å²) < 4.78 is 5.09. The van der Waals surface area contributed by atoms with E-state index in [1.54, 1.807) is 24.3 Å². The zero-order valence-electron chi connectivity index (χ0n) is 13.9. The number of azide groups is 1. The van der Waals surface area contributed by atoms with Crippen LogP contribution >= 0.6 is 0 Å². The Labute approximate surface area is 146 Å². The zero-order valence-corrected chi connectivity index (χ0v) is 13.9. The van der Waals surface area contributed by atoms with Crippen LogP contribution in [0.1, 0.15) is 24.8 Å². The lowest BCUT2D eigenvalue weighted by molar-refractivity contribution is -0.122. The fourth-order valence-corrected chi connectivity index (χ4v) is 2.07. The van der Waals surface area contributed by atoms with E-state index in [0.717, 1.165) is 12.0 Å². The van der Waals surface area contributed by atoms with Gasteiger partial charge in [0.15, 0.2) is 0 Å². The van der Waals surface area contributed by atoms with E-state index in [1.807, 2.05) is 0 Å². The Hall–Kier alpha value is -2.77. The lowest BCUT2D eigenvalue weighted by atomic mass is 10.1. The van der Waals surface area contributed by atoms with Gasteiger partial charge in [-0.3, -0.25) is 4.79 Å². The molecule has 0 spiro atoms. The van der Waals surface area contributed by atoms with Gasteiger partial charge in [0.25, 0.3) is 0 Å². The smallest absolute Gasteiger partial charge is 0.407 e. The van der Waals surface area contributed by atoms with Gasteiger partial charge in [-0.15, -0.1) is 0 Å². The summed E-state index contributed by atoms with van der Waals surface area (Å²) in [7, 11) is 6.82. The standard InChI is InChI=1S/C16H22N6O3/c1-18-14(15(23)19-2)8-3-4-9-20-16(24)25-11-12-6-5-7-13(10-12)21-22-17/h5-7,10,14,18H,1-4,8-9,11H2,(H,19,23)(H,20,24)/t14-/m0/s1.